The van der Waals surface area contributed by atoms with Crippen molar-refractivity contribution in [3.63, 3.8) is 0 Å². The van der Waals surface area contributed by atoms with Crippen LogP contribution < -0.4 is 19.6 Å². The molecule has 18 rings (SSSR count). The van der Waals surface area contributed by atoms with Gasteiger partial charge in [0.2, 0.25) is 0 Å². The molecule has 16 heteroatoms. The van der Waals surface area contributed by atoms with Crippen molar-refractivity contribution in [3.05, 3.63) is 252 Å². The Labute approximate surface area is 683 Å². The number of carbonyl (C=O) groups excluding carboxylic acids is 8. The van der Waals surface area contributed by atoms with Crippen LogP contribution >= 0.6 is 63.7 Å². The highest BCUT2D eigenvalue weighted by atomic mass is 79.9. The van der Waals surface area contributed by atoms with Crippen molar-refractivity contribution in [3.8, 4) is 0 Å². The largest absolute Gasteiger partial charge is 0.268 e. The van der Waals surface area contributed by atoms with E-state index >= 15 is 0 Å². The Hall–Kier alpha value is -9.84. The molecule has 0 unspecified atom stereocenters. The van der Waals surface area contributed by atoms with Gasteiger partial charge in [0.25, 0.3) is 47.3 Å². The van der Waals surface area contributed by atoms with Crippen LogP contribution in [0.4, 0.5) is 22.7 Å². The van der Waals surface area contributed by atoms with Crippen LogP contribution in [0.5, 0.6) is 0 Å². The van der Waals surface area contributed by atoms with Crippen LogP contribution in [0, 0.1) is 0 Å². The zero-order valence-electron chi connectivity index (χ0n) is 65.0. The number of nitrogens with zero attached hydrogens (tertiary/aromatic N) is 4. The highest BCUT2D eigenvalue weighted by molar-refractivity contribution is 9.11. The maximum absolute atomic E-state index is 14.8. The van der Waals surface area contributed by atoms with E-state index in [1.54, 1.807) is 0 Å². The summed E-state index contributed by atoms with van der Waals surface area (Å²) >= 11 is 15.5. The van der Waals surface area contributed by atoms with Gasteiger partial charge in [0.05, 0.1) is 45.0 Å². The van der Waals surface area contributed by atoms with Crippen molar-refractivity contribution in [2.45, 2.75) is 158 Å². The molecule has 8 amide bonds. The number of fused-ring (bicyclic) bond motifs is 4. The third-order valence-electron chi connectivity index (χ3n) is 23.7. The lowest BCUT2D eigenvalue weighted by Crippen LogP contribution is -2.42. The molecule has 0 saturated carbocycles. The fourth-order valence-electron chi connectivity index (χ4n) is 18.6. The number of anilines is 4. The number of rotatable bonds is 12. The van der Waals surface area contributed by atoms with E-state index in [1.165, 1.54) is 19.6 Å². The number of hydrogen-bond donors (Lipinski definition) is 0. The summed E-state index contributed by atoms with van der Waals surface area (Å²) < 4.78 is 2.74. The Morgan fingerprint density at radius 3 is 0.571 bits per heavy atom. The number of benzene rings is 14. The first-order valence-corrected chi connectivity index (χ1v) is 41.7. The molecule has 0 atom stereocenters. The minimum atomic E-state index is -0.368. The SMILES string of the molecule is CC(C)c1cccc(C(C)C)c1N1C(=O)c2ccc3c4c(Br)cc5c6c(cc(Br)c(c7ccc(c2c37)C1=O)c64)C(=O)N(c1c(C(C)C)cccc1C(C)C)C5=O.CC(C)c1cccc(C(C)C)c1N1C(=O)c2ccc3c4c(Br)cc5c6c(ccc(c7c(Br)cc(c2c37)C1=O)c64)C(=O)N(c1c(C(C)C)cccc1C(C)C)C5=O. The molecular formula is C96H80Br4N4O8. The Morgan fingerprint density at radius 2 is 0.366 bits per heavy atom. The molecule has 14 aromatic carbocycles. The lowest BCUT2D eigenvalue weighted by atomic mass is 9.81. The smallest absolute Gasteiger partial charge is 0.266 e. The molecule has 0 aromatic heterocycles. The summed E-state index contributed by atoms with van der Waals surface area (Å²) in [6.07, 6.45) is 0. The Bertz CT molecular complexity index is 6250. The Morgan fingerprint density at radius 1 is 0.196 bits per heavy atom. The monoisotopic (exact) mass is 1730 g/mol. The third-order valence-corrected chi connectivity index (χ3v) is 26.2. The minimum Gasteiger partial charge on any atom is -0.268 e. The van der Waals surface area contributed by atoms with Gasteiger partial charge in [0.15, 0.2) is 0 Å². The number of halogens is 4. The van der Waals surface area contributed by atoms with Crippen LogP contribution in [0.3, 0.4) is 0 Å². The van der Waals surface area contributed by atoms with Gasteiger partial charge in [0.1, 0.15) is 0 Å². The van der Waals surface area contributed by atoms with Gasteiger partial charge < -0.3 is 0 Å². The van der Waals surface area contributed by atoms with Gasteiger partial charge in [-0.1, -0.05) is 272 Å². The van der Waals surface area contributed by atoms with E-state index in [0.717, 1.165) is 109 Å². The molecule has 14 aromatic rings. The molecular weight excluding hydrogens is 1660 g/mol. The van der Waals surface area contributed by atoms with Crippen molar-refractivity contribution >= 4 is 220 Å². The lowest BCUT2D eigenvalue weighted by Gasteiger charge is -2.34. The van der Waals surface area contributed by atoms with E-state index in [0.29, 0.717) is 107 Å². The number of carbonyl (C=O) groups is 8. The first kappa shape index (κ1) is 74.9. The maximum atomic E-state index is 14.8. The van der Waals surface area contributed by atoms with Crippen LogP contribution in [-0.4, -0.2) is 47.3 Å². The zero-order valence-corrected chi connectivity index (χ0v) is 71.4. The van der Waals surface area contributed by atoms with E-state index in [2.05, 4.69) is 174 Å². The zero-order chi connectivity index (χ0) is 79.6. The highest BCUT2D eigenvalue weighted by Gasteiger charge is 2.45. The van der Waals surface area contributed by atoms with Crippen molar-refractivity contribution < 1.29 is 38.4 Å². The topological polar surface area (TPSA) is 150 Å². The fourth-order valence-corrected chi connectivity index (χ4v) is 21.2. The maximum Gasteiger partial charge on any atom is 0.266 e. The predicted octanol–water partition coefficient (Wildman–Crippen LogP) is 26.7. The average Bonchev–Trinajstić information content (AvgIpc) is 0.683. The van der Waals surface area contributed by atoms with Gasteiger partial charge in [-0.25, -0.2) is 19.6 Å². The quantitative estimate of drug-likeness (QED) is 0.0667. The second-order valence-electron chi connectivity index (χ2n) is 32.9. The molecule has 0 saturated heterocycles. The molecule has 12 nitrogen and oxygen atoms in total. The molecule has 4 aliphatic rings. The molecule has 0 radical (unpaired) electrons. The first-order chi connectivity index (χ1) is 53.3. The molecule has 0 bridgehead atoms. The summed E-state index contributed by atoms with van der Waals surface area (Å²) in [5.74, 6) is -2.24. The normalized spacial score (nSPS) is 14.6. The van der Waals surface area contributed by atoms with E-state index in [9.17, 15) is 38.4 Å². The Kier molecular flexibility index (Phi) is 18.0. The summed E-state index contributed by atoms with van der Waals surface area (Å²) in [5.41, 5.74) is 13.8. The van der Waals surface area contributed by atoms with Crippen LogP contribution in [-0.2, 0) is 0 Å². The summed E-state index contributed by atoms with van der Waals surface area (Å²) in [6.45, 7) is 33.3. The Balaban J connectivity index is 0.000000163. The fraction of sp³-hybridized carbons (Fsp3) is 0.250. The van der Waals surface area contributed by atoms with Crippen LogP contribution in [0.25, 0.3) is 86.2 Å². The van der Waals surface area contributed by atoms with Crippen LogP contribution in [0.1, 0.15) is 285 Å². The summed E-state index contributed by atoms with van der Waals surface area (Å²) in [4.78, 5) is 124. The van der Waals surface area contributed by atoms with Gasteiger partial charge >= 0.3 is 0 Å². The van der Waals surface area contributed by atoms with Crippen LogP contribution in [0.15, 0.2) is 163 Å². The highest BCUT2D eigenvalue weighted by Crippen LogP contribution is 2.56. The van der Waals surface area contributed by atoms with Gasteiger partial charge in [-0.15, -0.1) is 0 Å². The summed E-state index contributed by atoms with van der Waals surface area (Å²) in [5, 5.41) is 12.1. The predicted molar refractivity (Wildman–Crippen MR) is 469 cm³/mol. The van der Waals surface area contributed by atoms with Gasteiger partial charge in [-0.05, 0) is 167 Å². The number of amides is 8. The van der Waals surface area contributed by atoms with E-state index in [1.807, 2.05) is 146 Å². The molecule has 0 aliphatic carbocycles. The standard InChI is InChI=1S/2C48H40Br2N2O4/c1-21(2)25-11-9-12-26(22(3)4)43(25)51-45(53)31-17-15-29-40-36(50)20-34-38-32(18-16-30(42(38)40)39-35(49)19-33(47(51)55)37(31)41(29)39)46(54)52(48(34)56)44-27(23(5)6)13-10-14-28(44)24(7)8;1-21(2)25-11-9-12-26(22(3)4)43(25)51-45(53)31-17-15-29-37-30(16-18-32(38(31)37)46(51)54)41-36(50)20-34-39-33(19-35(49)40(29)42(39)41)47(55)52(48(34)56)44-27(23(5)6)13-10-14-28(44)24(7)8/h2*9-24H,1-8H3. The molecule has 4 heterocycles. The average molecular weight is 1740 g/mol. The molecule has 0 spiro atoms. The van der Waals surface area contributed by atoms with Crippen molar-refractivity contribution in [2.75, 3.05) is 19.6 Å². The van der Waals surface area contributed by atoms with Gasteiger partial charge in [0, 0.05) is 99.4 Å². The second-order valence-corrected chi connectivity index (χ2v) is 36.3. The molecule has 0 N–H and O–H groups in total. The summed E-state index contributed by atoms with van der Waals surface area (Å²) in [7, 11) is 0. The van der Waals surface area contributed by atoms with Gasteiger partial charge in [-0.3, -0.25) is 38.4 Å². The summed E-state index contributed by atoms with van der Waals surface area (Å²) in [6, 6.07) is 46.5. The first-order valence-electron chi connectivity index (χ1n) is 38.5. The second kappa shape index (κ2) is 26.9. The van der Waals surface area contributed by atoms with E-state index in [4.69, 9.17) is 0 Å². The molecule has 112 heavy (non-hydrogen) atoms. The lowest BCUT2D eigenvalue weighted by molar-refractivity contribution is 0.0877. The minimum absolute atomic E-state index is 0.0752. The number of para-hydroxylation sites is 4. The number of imide groups is 4. The van der Waals surface area contributed by atoms with E-state index in [-0.39, 0.29) is 94.6 Å². The number of hydrogen-bond acceptors (Lipinski definition) is 8. The molecule has 4 aliphatic heterocycles. The van der Waals surface area contributed by atoms with Crippen molar-refractivity contribution in [2.24, 2.45) is 0 Å². The van der Waals surface area contributed by atoms with E-state index < -0.39 is 0 Å². The third kappa shape index (κ3) is 10.5. The molecule has 560 valence electrons. The van der Waals surface area contributed by atoms with Crippen LogP contribution in [0.2, 0.25) is 0 Å². The van der Waals surface area contributed by atoms with Crippen molar-refractivity contribution in [1.82, 2.24) is 0 Å². The molecule has 0 fully saturated rings. The van der Waals surface area contributed by atoms with Crippen molar-refractivity contribution in [1.29, 1.82) is 0 Å². The van der Waals surface area contributed by atoms with Gasteiger partial charge in [-0.2, -0.15) is 0 Å².